The van der Waals surface area contributed by atoms with Crippen LogP contribution in [0.5, 0.6) is 0 Å². The van der Waals surface area contributed by atoms with E-state index in [4.69, 9.17) is 18.6 Å². The van der Waals surface area contributed by atoms with Crippen LogP contribution in [0.25, 0.3) is 0 Å². The molecule has 1 aliphatic heterocycles. The first-order valence-corrected chi connectivity index (χ1v) is 11.5. The highest BCUT2D eigenvalue weighted by Crippen LogP contribution is 2.39. The van der Waals surface area contributed by atoms with E-state index < -0.39 is 9.04 Å². The maximum Gasteiger partial charge on any atom is 0.240 e. The maximum atomic E-state index is 7.02. The molecule has 1 aliphatic rings. The molecular formula is C23H32O4Si. The fraction of sp³-hybridized carbons (Fsp3) is 0.478. The van der Waals surface area contributed by atoms with E-state index in [-0.39, 0.29) is 30.0 Å². The minimum Gasteiger partial charge on any atom is -0.407 e. The summed E-state index contributed by atoms with van der Waals surface area (Å²) in [5, 5.41) is 2.55. The molecule has 28 heavy (non-hydrogen) atoms. The molecule has 4 atom stereocenters. The molecule has 1 fully saturated rings. The molecule has 152 valence electrons. The molecule has 5 heteroatoms. The molecular weight excluding hydrogens is 368 g/mol. The van der Waals surface area contributed by atoms with Crippen molar-refractivity contribution in [2.75, 3.05) is 14.2 Å². The van der Waals surface area contributed by atoms with Gasteiger partial charge in [0.15, 0.2) is 12.6 Å². The van der Waals surface area contributed by atoms with Gasteiger partial charge in [0.25, 0.3) is 0 Å². The largest absolute Gasteiger partial charge is 0.407 e. The second kappa shape index (κ2) is 9.33. The zero-order valence-corrected chi connectivity index (χ0v) is 18.7. The fourth-order valence-corrected chi connectivity index (χ4v) is 6.73. The lowest BCUT2D eigenvalue weighted by atomic mass is 9.80. The fourth-order valence-electron chi connectivity index (χ4n) is 3.99. The minimum atomic E-state index is -1.88. The van der Waals surface area contributed by atoms with Crippen molar-refractivity contribution in [1.82, 2.24) is 0 Å². The summed E-state index contributed by atoms with van der Waals surface area (Å²) in [7, 11) is 1.49. The van der Waals surface area contributed by atoms with E-state index in [1.807, 2.05) is 0 Å². The van der Waals surface area contributed by atoms with Gasteiger partial charge >= 0.3 is 0 Å². The van der Waals surface area contributed by atoms with Gasteiger partial charge in [-0.25, -0.2) is 0 Å². The van der Waals surface area contributed by atoms with Crippen LogP contribution < -0.4 is 10.4 Å². The average molecular weight is 401 g/mol. The summed E-state index contributed by atoms with van der Waals surface area (Å²) in [5.74, 6) is 0.109. The highest BCUT2D eigenvalue weighted by Gasteiger charge is 2.46. The van der Waals surface area contributed by atoms with Crippen LogP contribution in [-0.4, -0.2) is 41.9 Å². The quantitative estimate of drug-likeness (QED) is 0.670. The Balaban J connectivity index is 1.95. The highest BCUT2D eigenvalue weighted by atomic mass is 28.3. The molecule has 0 spiro atoms. The Morgan fingerprint density at radius 3 is 1.86 bits per heavy atom. The second-order valence-electron chi connectivity index (χ2n) is 8.43. The van der Waals surface area contributed by atoms with Gasteiger partial charge in [0.1, 0.15) is 0 Å². The lowest BCUT2D eigenvalue weighted by Gasteiger charge is -2.39. The Hall–Kier alpha value is -1.50. The molecule has 0 amide bonds. The number of hydrogen-bond acceptors (Lipinski definition) is 4. The Bertz CT molecular complexity index is 677. The molecule has 0 aliphatic carbocycles. The SMILES string of the molecule is COC1CC(C(O[SiH](c2ccccc2)c2ccccc2)C(C)(C)C)C(OC)O1. The van der Waals surface area contributed by atoms with Crippen LogP contribution in [0.4, 0.5) is 0 Å². The van der Waals surface area contributed by atoms with Crippen molar-refractivity contribution >= 4 is 19.4 Å². The van der Waals surface area contributed by atoms with Gasteiger partial charge < -0.3 is 18.6 Å². The van der Waals surface area contributed by atoms with Crippen molar-refractivity contribution < 1.29 is 18.6 Å². The van der Waals surface area contributed by atoms with Crippen LogP contribution in [0.1, 0.15) is 27.2 Å². The lowest BCUT2D eigenvalue weighted by molar-refractivity contribution is -0.200. The normalized spacial score (nSPS) is 23.9. The molecule has 0 bridgehead atoms. The first-order valence-electron chi connectivity index (χ1n) is 9.90. The van der Waals surface area contributed by atoms with E-state index in [9.17, 15) is 0 Å². The van der Waals surface area contributed by atoms with Crippen LogP contribution >= 0.6 is 0 Å². The molecule has 0 N–H and O–H groups in total. The van der Waals surface area contributed by atoms with Gasteiger partial charge in [0, 0.05) is 26.6 Å². The molecule has 3 rings (SSSR count). The van der Waals surface area contributed by atoms with Crippen molar-refractivity contribution in [3.8, 4) is 0 Å². The van der Waals surface area contributed by atoms with Gasteiger partial charge in [-0.1, -0.05) is 81.4 Å². The van der Waals surface area contributed by atoms with Crippen LogP contribution in [0.2, 0.25) is 0 Å². The molecule has 4 unspecified atom stereocenters. The molecule has 2 aromatic carbocycles. The van der Waals surface area contributed by atoms with Gasteiger partial charge in [0.2, 0.25) is 9.04 Å². The Kier molecular flexibility index (Phi) is 7.07. The molecule has 1 heterocycles. The maximum absolute atomic E-state index is 7.02. The van der Waals surface area contributed by atoms with Gasteiger partial charge in [-0.15, -0.1) is 0 Å². The zero-order valence-electron chi connectivity index (χ0n) is 17.5. The van der Waals surface area contributed by atoms with Crippen molar-refractivity contribution in [3.05, 3.63) is 60.7 Å². The second-order valence-corrected chi connectivity index (χ2v) is 10.8. The molecule has 0 aromatic heterocycles. The van der Waals surface area contributed by atoms with Gasteiger partial charge in [-0.05, 0) is 15.8 Å². The Morgan fingerprint density at radius 2 is 1.43 bits per heavy atom. The van der Waals surface area contributed by atoms with Gasteiger partial charge in [-0.2, -0.15) is 0 Å². The van der Waals surface area contributed by atoms with E-state index in [0.29, 0.717) is 0 Å². The number of rotatable bonds is 7. The molecule has 0 saturated carbocycles. The van der Waals surface area contributed by atoms with Crippen molar-refractivity contribution in [3.63, 3.8) is 0 Å². The van der Waals surface area contributed by atoms with E-state index in [0.717, 1.165) is 6.42 Å². The number of methoxy groups -OCH3 is 2. The molecule has 0 radical (unpaired) electrons. The summed E-state index contributed by atoms with van der Waals surface area (Å²) < 4.78 is 24.1. The predicted octanol–water partition coefficient (Wildman–Crippen LogP) is 2.94. The summed E-state index contributed by atoms with van der Waals surface area (Å²) in [4.78, 5) is 0. The zero-order chi connectivity index (χ0) is 20.1. The third-order valence-electron chi connectivity index (χ3n) is 5.33. The monoisotopic (exact) mass is 400 g/mol. The Morgan fingerprint density at radius 1 is 0.893 bits per heavy atom. The van der Waals surface area contributed by atoms with Crippen LogP contribution in [0.15, 0.2) is 60.7 Å². The summed E-state index contributed by atoms with van der Waals surface area (Å²) in [5.41, 5.74) is -0.0672. The van der Waals surface area contributed by atoms with Gasteiger partial charge in [0.05, 0.1) is 6.10 Å². The topological polar surface area (TPSA) is 36.9 Å². The number of hydrogen-bond donors (Lipinski definition) is 0. The van der Waals surface area contributed by atoms with Gasteiger partial charge in [-0.3, -0.25) is 0 Å². The standard InChI is InChI=1S/C23H32O4Si/c1-23(2,3)21(19-16-20(24-4)26-22(19)25-5)27-28(17-12-8-6-9-13-17)18-14-10-7-11-15-18/h6-15,19-22,28H,16H2,1-5H3. The molecule has 1 saturated heterocycles. The molecule has 2 aromatic rings. The highest BCUT2D eigenvalue weighted by molar-refractivity contribution is 6.80. The summed E-state index contributed by atoms with van der Waals surface area (Å²) in [6, 6.07) is 21.2. The number of ether oxygens (including phenoxy) is 3. The van der Waals surface area contributed by atoms with Crippen molar-refractivity contribution in [1.29, 1.82) is 0 Å². The minimum absolute atomic E-state index is 0.0188. The number of benzene rings is 2. The summed E-state index contributed by atoms with van der Waals surface area (Å²) in [6.45, 7) is 6.68. The summed E-state index contributed by atoms with van der Waals surface area (Å²) in [6.07, 6.45) is 0.170. The lowest BCUT2D eigenvalue weighted by Crippen LogP contribution is -2.52. The van der Waals surface area contributed by atoms with Crippen molar-refractivity contribution in [2.45, 2.75) is 45.9 Å². The summed E-state index contributed by atoms with van der Waals surface area (Å²) >= 11 is 0. The van der Waals surface area contributed by atoms with E-state index >= 15 is 0 Å². The average Bonchev–Trinajstić information content (AvgIpc) is 3.12. The first kappa shape index (κ1) is 21.2. The van der Waals surface area contributed by atoms with Crippen LogP contribution in [-0.2, 0) is 18.6 Å². The van der Waals surface area contributed by atoms with E-state index in [1.54, 1.807) is 14.2 Å². The van der Waals surface area contributed by atoms with Crippen LogP contribution in [0, 0.1) is 11.3 Å². The third kappa shape index (κ3) is 4.91. The van der Waals surface area contributed by atoms with Crippen molar-refractivity contribution in [2.24, 2.45) is 11.3 Å². The smallest absolute Gasteiger partial charge is 0.240 e. The van der Waals surface area contributed by atoms with E-state index in [1.165, 1.54) is 10.4 Å². The predicted molar refractivity (Wildman–Crippen MR) is 114 cm³/mol. The molecule has 4 nitrogen and oxygen atoms in total. The van der Waals surface area contributed by atoms with Crippen LogP contribution in [0.3, 0.4) is 0 Å². The Labute approximate surface area is 170 Å². The van der Waals surface area contributed by atoms with E-state index in [2.05, 4.69) is 81.4 Å². The first-order chi connectivity index (χ1) is 13.4. The third-order valence-corrected chi connectivity index (χ3v) is 7.87.